The summed E-state index contributed by atoms with van der Waals surface area (Å²) in [5, 5.41) is 7.22. The lowest BCUT2D eigenvalue weighted by molar-refractivity contribution is 0.0995. The topological polar surface area (TPSA) is 72.9 Å². The Morgan fingerprint density at radius 2 is 2.25 bits per heavy atom. The van der Waals surface area contributed by atoms with Crippen molar-refractivity contribution < 1.29 is 9.18 Å². The van der Waals surface area contributed by atoms with E-state index in [1.807, 2.05) is 6.92 Å². The number of aromatic nitrogens is 2. The van der Waals surface area contributed by atoms with Gasteiger partial charge in [-0.3, -0.25) is 4.79 Å². The summed E-state index contributed by atoms with van der Waals surface area (Å²) < 4.78 is 15.4. The first-order chi connectivity index (χ1) is 9.63. The molecule has 0 radical (unpaired) electrons. The molecule has 0 saturated heterocycles. The van der Waals surface area contributed by atoms with Crippen molar-refractivity contribution in [1.82, 2.24) is 15.1 Å². The molecule has 20 heavy (non-hydrogen) atoms. The van der Waals surface area contributed by atoms with Gasteiger partial charge in [-0.25, -0.2) is 9.07 Å². The van der Waals surface area contributed by atoms with Crippen LogP contribution in [-0.4, -0.2) is 22.2 Å². The molecule has 0 aliphatic carbocycles. The molecule has 3 N–H and O–H groups in total. The highest BCUT2D eigenvalue weighted by molar-refractivity contribution is 5.90. The summed E-state index contributed by atoms with van der Waals surface area (Å²) in [5.41, 5.74) is 6.44. The van der Waals surface area contributed by atoms with Crippen LogP contribution in [0.1, 0.15) is 29.4 Å². The second kappa shape index (κ2) is 6.29. The molecule has 1 heterocycles. The van der Waals surface area contributed by atoms with Gasteiger partial charge in [0.1, 0.15) is 11.5 Å². The zero-order valence-electron chi connectivity index (χ0n) is 11.3. The van der Waals surface area contributed by atoms with E-state index in [4.69, 9.17) is 5.73 Å². The number of primary amides is 1. The number of benzene rings is 1. The highest BCUT2D eigenvalue weighted by atomic mass is 19.1. The van der Waals surface area contributed by atoms with Crippen molar-refractivity contribution in [1.29, 1.82) is 0 Å². The summed E-state index contributed by atoms with van der Waals surface area (Å²) in [4.78, 5) is 11.1. The van der Waals surface area contributed by atoms with Crippen LogP contribution in [0.2, 0.25) is 0 Å². The van der Waals surface area contributed by atoms with Gasteiger partial charge >= 0.3 is 0 Å². The highest BCUT2D eigenvalue weighted by Crippen LogP contribution is 2.17. The van der Waals surface area contributed by atoms with Crippen LogP contribution in [0.3, 0.4) is 0 Å². The van der Waals surface area contributed by atoms with Crippen LogP contribution in [0.15, 0.2) is 30.5 Å². The smallest absolute Gasteiger partial charge is 0.269 e. The Balaban J connectivity index is 2.34. The SMILES string of the molecule is CCCNCc1c(F)cccc1-n1ccc(C(N)=O)n1. The number of carbonyl (C=O) groups is 1. The Labute approximate surface area is 116 Å². The number of amides is 1. The van der Waals surface area contributed by atoms with Crippen LogP contribution in [0.4, 0.5) is 4.39 Å². The van der Waals surface area contributed by atoms with E-state index >= 15 is 0 Å². The number of rotatable bonds is 6. The van der Waals surface area contributed by atoms with Crippen LogP contribution < -0.4 is 11.1 Å². The predicted octanol–water partition coefficient (Wildman–Crippen LogP) is 1.61. The largest absolute Gasteiger partial charge is 0.364 e. The number of hydrogen-bond acceptors (Lipinski definition) is 3. The molecule has 5 nitrogen and oxygen atoms in total. The van der Waals surface area contributed by atoms with Gasteiger partial charge in [-0.1, -0.05) is 13.0 Å². The van der Waals surface area contributed by atoms with Gasteiger partial charge in [-0.2, -0.15) is 5.10 Å². The van der Waals surface area contributed by atoms with Crippen molar-refractivity contribution in [3.63, 3.8) is 0 Å². The lowest BCUT2D eigenvalue weighted by Crippen LogP contribution is -2.17. The molecule has 106 valence electrons. The standard InChI is InChI=1S/C14H17FN4O/c1-2-7-17-9-10-11(15)4-3-5-13(10)19-8-6-12(18-19)14(16)20/h3-6,8,17H,2,7,9H2,1H3,(H2,16,20). The number of carbonyl (C=O) groups excluding carboxylic acids is 1. The molecule has 1 amide bonds. The molecule has 0 bridgehead atoms. The fraction of sp³-hybridized carbons (Fsp3) is 0.286. The molecule has 2 aromatic rings. The summed E-state index contributed by atoms with van der Waals surface area (Å²) in [7, 11) is 0. The number of nitrogens with zero attached hydrogens (tertiary/aromatic N) is 2. The van der Waals surface area contributed by atoms with Crippen molar-refractivity contribution in [2.75, 3.05) is 6.54 Å². The maximum absolute atomic E-state index is 14.0. The van der Waals surface area contributed by atoms with E-state index in [2.05, 4.69) is 10.4 Å². The van der Waals surface area contributed by atoms with Gasteiger partial charge in [-0.15, -0.1) is 0 Å². The maximum atomic E-state index is 14.0. The van der Waals surface area contributed by atoms with E-state index in [0.717, 1.165) is 13.0 Å². The molecule has 0 aliphatic rings. The minimum absolute atomic E-state index is 0.154. The van der Waals surface area contributed by atoms with E-state index < -0.39 is 5.91 Å². The summed E-state index contributed by atoms with van der Waals surface area (Å²) >= 11 is 0. The molecule has 0 unspecified atom stereocenters. The fourth-order valence-corrected chi connectivity index (χ4v) is 1.92. The van der Waals surface area contributed by atoms with E-state index in [1.165, 1.54) is 16.8 Å². The Morgan fingerprint density at radius 3 is 2.90 bits per heavy atom. The van der Waals surface area contributed by atoms with Gasteiger partial charge in [0.15, 0.2) is 0 Å². The molecule has 0 spiro atoms. The molecule has 1 aromatic heterocycles. The first-order valence-electron chi connectivity index (χ1n) is 6.47. The third-order valence-corrected chi connectivity index (χ3v) is 2.91. The lowest BCUT2D eigenvalue weighted by Gasteiger charge is -2.11. The van der Waals surface area contributed by atoms with Crippen LogP contribution in [0.25, 0.3) is 5.69 Å². The van der Waals surface area contributed by atoms with Gasteiger partial charge in [0.25, 0.3) is 5.91 Å². The van der Waals surface area contributed by atoms with Gasteiger partial charge in [0.05, 0.1) is 5.69 Å². The fourth-order valence-electron chi connectivity index (χ4n) is 1.92. The third kappa shape index (κ3) is 3.03. The molecular formula is C14H17FN4O. The molecule has 0 saturated carbocycles. The quantitative estimate of drug-likeness (QED) is 0.787. The van der Waals surface area contributed by atoms with Crippen molar-refractivity contribution in [3.8, 4) is 5.69 Å². The Kier molecular flexibility index (Phi) is 4.47. The Morgan fingerprint density at radius 1 is 1.45 bits per heavy atom. The van der Waals surface area contributed by atoms with Gasteiger partial charge in [0, 0.05) is 18.3 Å². The second-order valence-corrected chi connectivity index (χ2v) is 4.42. The minimum atomic E-state index is -0.606. The van der Waals surface area contributed by atoms with E-state index in [-0.39, 0.29) is 11.5 Å². The molecule has 0 atom stereocenters. The van der Waals surface area contributed by atoms with E-state index in [1.54, 1.807) is 18.3 Å². The van der Waals surface area contributed by atoms with E-state index in [9.17, 15) is 9.18 Å². The zero-order valence-corrected chi connectivity index (χ0v) is 11.3. The number of halogens is 1. The van der Waals surface area contributed by atoms with Crippen LogP contribution >= 0.6 is 0 Å². The first kappa shape index (κ1) is 14.2. The summed E-state index contributed by atoms with van der Waals surface area (Å²) in [5.74, 6) is -0.909. The van der Waals surface area contributed by atoms with Crippen molar-refractivity contribution in [3.05, 3.63) is 47.5 Å². The molecule has 0 fully saturated rings. The van der Waals surface area contributed by atoms with Crippen molar-refractivity contribution in [2.24, 2.45) is 5.73 Å². The summed E-state index contributed by atoms with van der Waals surface area (Å²) in [6.45, 7) is 3.25. The second-order valence-electron chi connectivity index (χ2n) is 4.42. The van der Waals surface area contributed by atoms with Crippen LogP contribution in [0, 0.1) is 5.82 Å². The Hall–Kier alpha value is -2.21. The lowest BCUT2D eigenvalue weighted by atomic mass is 10.1. The molecule has 2 rings (SSSR count). The summed E-state index contributed by atoms with van der Waals surface area (Å²) in [6.07, 6.45) is 2.57. The average Bonchev–Trinajstić information content (AvgIpc) is 2.90. The molecular weight excluding hydrogens is 259 g/mol. The van der Waals surface area contributed by atoms with Crippen molar-refractivity contribution >= 4 is 5.91 Å². The normalized spacial score (nSPS) is 10.7. The van der Waals surface area contributed by atoms with Crippen LogP contribution in [0.5, 0.6) is 0 Å². The average molecular weight is 276 g/mol. The van der Waals surface area contributed by atoms with Gasteiger partial charge in [0.2, 0.25) is 0 Å². The van der Waals surface area contributed by atoms with Crippen molar-refractivity contribution in [2.45, 2.75) is 19.9 Å². The number of nitrogens with two attached hydrogens (primary N) is 1. The maximum Gasteiger partial charge on any atom is 0.269 e. The molecule has 1 aromatic carbocycles. The first-order valence-corrected chi connectivity index (χ1v) is 6.47. The summed E-state index contributed by atoms with van der Waals surface area (Å²) in [6, 6.07) is 6.28. The minimum Gasteiger partial charge on any atom is -0.364 e. The van der Waals surface area contributed by atoms with Gasteiger partial charge in [-0.05, 0) is 31.2 Å². The Bertz CT molecular complexity index is 609. The van der Waals surface area contributed by atoms with Crippen LogP contribution in [-0.2, 0) is 6.54 Å². The number of nitrogens with one attached hydrogen (secondary N) is 1. The number of hydrogen-bond donors (Lipinski definition) is 2. The van der Waals surface area contributed by atoms with Gasteiger partial charge < -0.3 is 11.1 Å². The predicted molar refractivity (Wildman–Crippen MR) is 74.0 cm³/mol. The monoisotopic (exact) mass is 276 g/mol. The highest BCUT2D eigenvalue weighted by Gasteiger charge is 2.12. The molecule has 0 aliphatic heterocycles. The zero-order chi connectivity index (χ0) is 14.5. The van der Waals surface area contributed by atoms with E-state index in [0.29, 0.717) is 17.8 Å². The molecule has 6 heteroatoms. The third-order valence-electron chi connectivity index (χ3n) is 2.91.